The standard InChI is InChI=1S/C18H28BrN/c1-2-14-20-18(16-10-12-17(19)13-11-16)15-8-6-4-3-5-7-9-15/h10-13,15,18,20H,2-9,14H2,1H3. The van der Waals surface area contributed by atoms with Crippen LogP contribution in [0.4, 0.5) is 0 Å². The smallest absolute Gasteiger partial charge is 0.0348 e. The lowest BCUT2D eigenvalue weighted by Gasteiger charge is -2.30. The van der Waals surface area contributed by atoms with E-state index in [0.29, 0.717) is 6.04 Å². The summed E-state index contributed by atoms with van der Waals surface area (Å²) in [5.41, 5.74) is 1.47. The molecule has 1 aromatic rings. The zero-order valence-corrected chi connectivity index (χ0v) is 14.3. The molecule has 0 bridgehead atoms. The Morgan fingerprint density at radius 2 is 1.65 bits per heavy atom. The number of rotatable bonds is 5. The molecule has 0 radical (unpaired) electrons. The van der Waals surface area contributed by atoms with Gasteiger partial charge < -0.3 is 5.32 Å². The first kappa shape index (κ1) is 16.0. The molecule has 1 unspecified atom stereocenters. The molecule has 1 aliphatic rings. The fourth-order valence-electron chi connectivity index (χ4n) is 3.35. The van der Waals surface area contributed by atoms with Gasteiger partial charge in [-0.15, -0.1) is 0 Å². The normalized spacial score (nSPS) is 19.3. The monoisotopic (exact) mass is 337 g/mol. The highest BCUT2D eigenvalue weighted by molar-refractivity contribution is 9.10. The third-order valence-electron chi connectivity index (χ3n) is 4.46. The van der Waals surface area contributed by atoms with Crippen LogP contribution in [0.2, 0.25) is 0 Å². The molecule has 1 aliphatic carbocycles. The molecule has 1 N–H and O–H groups in total. The second-order valence-corrected chi connectivity index (χ2v) is 7.00. The second kappa shape index (κ2) is 8.84. The van der Waals surface area contributed by atoms with Gasteiger partial charge in [0.05, 0.1) is 0 Å². The van der Waals surface area contributed by atoms with Gasteiger partial charge in [-0.2, -0.15) is 0 Å². The molecule has 0 spiro atoms. The third-order valence-corrected chi connectivity index (χ3v) is 4.99. The third kappa shape index (κ3) is 4.89. The molecule has 1 aromatic carbocycles. The molecule has 1 saturated carbocycles. The van der Waals surface area contributed by atoms with Gasteiger partial charge in [-0.1, -0.05) is 67.1 Å². The van der Waals surface area contributed by atoms with Gasteiger partial charge in [-0.25, -0.2) is 0 Å². The summed E-state index contributed by atoms with van der Waals surface area (Å²) >= 11 is 3.55. The van der Waals surface area contributed by atoms with E-state index in [1.54, 1.807) is 0 Å². The van der Waals surface area contributed by atoms with E-state index in [4.69, 9.17) is 0 Å². The van der Waals surface area contributed by atoms with Crippen LogP contribution in [0.5, 0.6) is 0 Å². The number of halogens is 1. The van der Waals surface area contributed by atoms with E-state index >= 15 is 0 Å². The molecule has 0 heterocycles. The van der Waals surface area contributed by atoms with E-state index in [2.05, 4.69) is 52.4 Å². The van der Waals surface area contributed by atoms with Crippen molar-refractivity contribution in [3.05, 3.63) is 34.3 Å². The SMILES string of the molecule is CCCNC(c1ccc(Br)cc1)C1CCCCCCC1. The van der Waals surface area contributed by atoms with Crippen molar-refractivity contribution in [3.8, 4) is 0 Å². The van der Waals surface area contributed by atoms with Crippen LogP contribution in [0.25, 0.3) is 0 Å². The first-order chi connectivity index (χ1) is 9.81. The van der Waals surface area contributed by atoms with E-state index in [1.165, 1.54) is 61.4 Å². The largest absolute Gasteiger partial charge is 0.310 e. The van der Waals surface area contributed by atoms with Gasteiger partial charge >= 0.3 is 0 Å². The summed E-state index contributed by atoms with van der Waals surface area (Å²) in [7, 11) is 0. The van der Waals surface area contributed by atoms with Gasteiger partial charge in [0.1, 0.15) is 0 Å². The van der Waals surface area contributed by atoms with Gasteiger partial charge in [0.25, 0.3) is 0 Å². The highest BCUT2D eigenvalue weighted by atomic mass is 79.9. The predicted octanol–water partition coefficient (Wildman–Crippen LogP) is 5.85. The van der Waals surface area contributed by atoms with Crippen LogP contribution in [-0.2, 0) is 0 Å². The Bertz CT molecular complexity index is 366. The van der Waals surface area contributed by atoms with Gasteiger partial charge in [0.15, 0.2) is 0 Å². The highest BCUT2D eigenvalue weighted by Gasteiger charge is 2.23. The Balaban J connectivity index is 2.09. The lowest BCUT2D eigenvalue weighted by Crippen LogP contribution is -2.29. The molecule has 1 nitrogen and oxygen atoms in total. The van der Waals surface area contributed by atoms with Crippen molar-refractivity contribution in [2.45, 2.75) is 64.3 Å². The quantitative estimate of drug-likeness (QED) is 0.710. The Morgan fingerprint density at radius 3 is 2.25 bits per heavy atom. The number of hydrogen-bond acceptors (Lipinski definition) is 1. The topological polar surface area (TPSA) is 12.0 Å². The van der Waals surface area contributed by atoms with Crippen molar-refractivity contribution in [1.29, 1.82) is 0 Å². The minimum atomic E-state index is 0.543. The predicted molar refractivity (Wildman–Crippen MR) is 91.0 cm³/mol. The Kier molecular flexibility index (Phi) is 7.09. The number of benzene rings is 1. The highest BCUT2D eigenvalue weighted by Crippen LogP contribution is 2.33. The lowest BCUT2D eigenvalue weighted by atomic mass is 9.83. The molecule has 1 atom stereocenters. The molecule has 0 aromatic heterocycles. The maximum atomic E-state index is 3.81. The summed E-state index contributed by atoms with van der Waals surface area (Å²) in [5, 5.41) is 3.81. The first-order valence-corrected chi connectivity index (χ1v) is 9.09. The number of hydrogen-bond donors (Lipinski definition) is 1. The molecule has 0 saturated heterocycles. The minimum absolute atomic E-state index is 0.543. The van der Waals surface area contributed by atoms with Crippen molar-refractivity contribution in [1.82, 2.24) is 5.32 Å². The Hall–Kier alpha value is -0.340. The molecule has 0 amide bonds. The van der Waals surface area contributed by atoms with Gasteiger partial charge in [0, 0.05) is 10.5 Å². The maximum Gasteiger partial charge on any atom is 0.0348 e. The fraction of sp³-hybridized carbons (Fsp3) is 0.667. The molecular weight excluding hydrogens is 310 g/mol. The van der Waals surface area contributed by atoms with Crippen molar-refractivity contribution in [2.24, 2.45) is 5.92 Å². The lowest BCUT2D eigenvalue weighted by molar-refractivity contribution is 0.288. The molecule has 2 heteroatoms. The van der Waals surface area contributed by atoms with E-state index in [9.17, 15) is 0 Å². The van der Waals surface area contributed by atoms with Crippen molar-refractivity contribution in [2.75, 3.05) is 6.54 Å². The zero-order chi connectivity index (χ0) is 14.2. The molecule has 2 rings (SSSR count). The zero-order valence-electron chi connectivity index (χ0n) is 12.7. The molecule has 1 fully saturated rings. The minimum Gasteiger partial charge on any atom is -0.310 e. The van der Waals surface area contributed by atoms with Crippen LogP contribution in [0, 0.1) is 5.92 Å². The van der Waals surface area contributed by atoms with E-state index in [1.807, 2.05) is 0 Å². The van der Waals surface area contributed by atoms with Crippen LogP contribution < -0.4 is 5.32 Å². The average molecular weight is 338 g/mol. The Labute approximate surface area is 132 Å². The van der Waals surface area contributed by atoms with Crippen LogP contribution >= 0.6 is 15.9 Å². The number of nitrogens with one attached hydrogen (secondary N) is 1. The van der Waals surface area contributed by atoms with Gasteiger partial charge in [-0.05, 0) is 49.4 Å². The molecule has 20 heavy (non-hydrogen) atoms. The second-order valence-electron chi connectivity index (χ2n) is 6.09. The first-order valence-electron chi connectivity index (χ1n) is 8.30. The van der Waals surface area contributed by atoms with Crippen LogP contribution in [0.1, 0.15) is 69.9 Å². The van der Waals surface area contributed by atoms with Gasteiger partial charge in [0.2, 0.25) is 0 Å². The van der Waals surface area contributed by atoms with Crippen LogP contribution in [0.15, 0.2) is 28.7 Å². The van der Waals surface area contributed by atoms with E-state index in [0.717, 1.165) is 12.5 Å². The summed E-state index contributed by atoms with van der Waals surface area (Å²) in [4.78, 5) is 0. The summed E-state index contributed by atoms with van der Waals surface area (Å²) in [6.07, 6.45) is 11.1. The van der Waals surface area contributed by atoms with E-state index < -0.39 is 0 Å². The van der Waals surface area contributed by atoms with Crippen molar-refractivity contribution in [3.63, 3.8) is 0 Å². The summed E-state index contributed by atoms with van der Waals surface area (Å²) < 4.78 is 1.17. The van der Waals surface area contributed by atoms with Crippen molar-refractivity contribution >= 4 is 15.9 Å². The van der Waals surface area contributed by atoms with Crippen LogP contribution in [-0.4, -0.2) is 6.54 Å². The van der Waals surface area contributed by atoms with E-state index in [-0.39, 0.29) is 0 Å². The molecule has 0 aliphatic heterocycles. The van der Waals surface area contributed by atoms with Crippen LogP contribution in [0.3, 0.4) is 0 Å². The average Bonchev–Trinajstić information content (AvgIpc) is 2.42. The molecular formula is C18H28BrN. The maximum absolute atomic E-state index is 3.81. The van der Waals surface area contributed by atoms with Gasteiger partial charge in [-0.3, -0.25) is 0 Å². The summed E-state index contributed by atoms with van der Waals surface area (Å²) in [6, 6.07) is 9.48. The fourth-order valence-corrected chi connectivity index (χ4v) is 3.61. The summed E-state index contributed by atoms with van der Waals surface area (Å²) in [6.45, 7) is 3.38. The molecule has 112 valence electrons. The van der Waals surface area contributed by atoms with Crippen molar-refractivity contribution < 1.29 is 0 Å². The Morgan fingerprint density at radius 1 is 1.05 bits per heavy atom. The summed E-state index contributed by atoms with van der Waals surface area (Å²) in [5.74, 6) is 0.808.